The summed E-state index contributed by atoms with van der Waals surface area (Å²) >= 11 is 6.62. The van der Waals surface area contributed by atoms with Gasteiger partial charge < -0.3 is 29.7 Å². The summed E-state index contributed by atoms with van der Waals surface area (Å²) in [6, 6.07) is 9.75. The Morgan fingerprint density at radius 1 is 0.935 bits per heavy atom. The van der Waals surface area contributed by atoms with Crippen molar-refractivity contribution >= 4 is 68.4 Å². The molecular formula is C44H48ClF3N10O4. The van der Waals surface area contributed by atoms with Crippen LogP contribution in [0.25, 0.3) is 21.8 Å². The molecule has 0 bridgehead atoms. The van der Waals surface area contributed by atoms with Crippen molar-refractivity contribution in [1.29, 1.82) is 0 Å². The third-order valence-electron chi connectivity index (χ3n) is 13.6. The number of carbonyl (C=O) groups is 2. The number of imide groups is 1. The number of rotatable bonds is 8. The maximum atomic E-state index is 16.6. The molecule has 5 aromatic rings. The first kappa shape index (κ1) is 40.6. The fourth-order valence-corrected chi connectivity index (χ4v) is 9.99. The first-order chi connectivity index (χ1) is 29.7. The van der Waals surface area contributed by atoms with Crippen LogP contribution >= 0.6 is 11.6 Å². The summed E-state index contributed by atoms with van der Waals surface area (Å²) in [6.07, 6.45) is 6.21. The van der Waals surface area contributed by atoms with Crippen molar-refractivity contribution < 1.29 is 27.5 Å². The van der Waals surface area contributed by atoms with Gasteiger partial charge >= 0.3 is 5.92 Å². The van der Waals surface area contributed by atoms with Gasteiger partial charge in [0.05, 0.1) is 40.6 Å². The topological polar surface area (TPSA) is 152 Å². The number of halogens is 4. The van der Waals surface area contributed by atoms with E-state index in [1.54, 1.807) is 43.2 Å². The highest BCUT2D eigenvalue weighted by atomic mass is 35.5. The van der Waals surface area contributed by atoms with E-state index in [1.807, 2.05) is 18.2 Å². The largest absolute Gasteiger partial charge is 0.480 e. The van der Waals surface area contributed by atoms with Crippen molar-refractivity contribution in [2.45, 2.75) is 74.9 Å². The number of amides is 2. The van der Waals surface area contributed by atoms with Crippen LogP contribution in [0.4, 0.5) is 36.3 Å². The van der Waals surface area contributed by atoms with Crippen LogP contribution in [0.1, 0.15) is 68.5 Å². The van der Waals surface area contributed by atoms with E-state index in [2.05, 4.69) is 35.8 Å². The molecule has 1 saturated carbocycles. The van der Waals surface area contributed by atoms with Gasteiger partial charge in [0.15, 0.2) is 12.4 Å². The first-order valence-electron chi connectivity index (χ1n) is 21.5. The fraction of sp³-hybridized carbons (Fsp3) is 0.500. The molecule has 1 aliphatic carbocycles. The lowest BCUT2D eigenvalue weighted by molar-refractivity contribution is -0.134. The predicted molar refractivity (Wildman–Crippen MR) is 229 cm³/mol. The number of nitrogens with one attached hydrogen (secondary N) is 3. The molecule has 1 unspecified atom stereocenters. The minimum absolute atomic E-state index is 0.120. The maximum absolute atomic E-state index is 16.6. The Hall–Kier alpha value is -5.42. The van der Waals surface area contributed by atoms with E-state index < -0.39 is 35.7 Å². The molecule has 3 aromatic heterocycles. The molecule has 3 saturated heterocycles. The molecule has 10 rings (SSSR count). The van der Waals surface area contributed by atoms with Gasteiger partial charge in [-0.05, 0) is 86.6 Å². The van der Waals surface area contributed by atoms with E-state index in [0.29, 0.717) is 95.7 Å². The van der Waals surface area contributed by atoms with Crippen LogP contribution in [0.3, 0.4) is 0 Å². The quantitative estimate of drug-likeness (QED) is 0.146. The molecule has 326 valence electrons. The highest BCUT2D eigenvalue weighted by Gasteiger charge is 2.51. The molecule has 0 radical (unpaired) electrons. The van der Waals surface area contributed by atoms with Gasteiger partial charge in [-0.25, -0.2) is 18.2 Å². The molecule has 18 heteroatoms. The molecule has 4 fully saturated rings. The molecule has 2 amide bonds. The standard InChI is InChI=1S/C44H48ClF3N10O4/c1-55-32-9-6-27(20-30(32)36-37(41(55)61)62-23-44(47,48)38(52-36)25-3-4-25)50-39-31(45)21-49-42(53-39)58-15-11-24(12-16-58)22-57-17-13-43(46,14-18-57)26-5-7-28-33(19-26)56(2)54-35(28)29-8-10-34(59)51-40(29)60/h5-7,9,19-21,24-25,29,38,52H,3-4,8,10-18,22-23H2,1-2H3,(H,49,50,53)(H,51,59,60)/t29?,38-/m0/s1. The number of benzene rings is 2. The van der Waals surface area contributed by atoms with Gasteiger partial charge in [-0.15, -0.1) is 0 Å². The van der Waals surface area contributed by atoms with Gasteiger partial charge in [0.1, 0.15) is 10.7 Å². The molecule has 14 nitrogen and oxygen atoms in total. The van der Waals surface area contributed by atoms with Crippen molar-refractivity contribution in [2.24, 2.45) is 25.9 Å². The number of nitrogens with zero attached hydrogens (tertiary/aromatic N) is 7. The molecule has 4 aliphatic heterocycles. The predicted octanol–water partition coefficient (Wildman–Crippen LogP) is 6.53. The monoisotopic (exact) mass is 872 g/mol. The lowest BCUT2D eigenvalue weighted by Crippen LogP contribution is -2.44. The summed E-state index contributed by atoms with van der Waals surface area (Å²) in [4.78, 5) is 51.4. The molecule has 3 N–H and O–H groups in total. The van der Waals surface area contributed by atoms with Crippen LogP contribution in [0.2, 0.25) is 5.02 Å². The number of aryl methyl sites for hydroxylation is 2. The van der Waals surface area contributed by atoms with Crippen molar-refractivity contribution in [3.8, 4) is 5.75 Å². The third kappa shape index (κ3) is 7.39. The van der Waals surface area contributed by atoms with Crippen molar-refractivity contribution in [2.75, 3.05) is 54.9 Å². The molecular weight excluding hydrogens is 825 g/mol. The zero-order chi connectivity index (χ0) is 43.1. The van der Waals surface area contributed by atoms with E-state index in [-0.39, 0.29) is 35.6 Å². The minimum Gasteiger partial charge on any atom is -0.480 e. The number of likely N-dealkylation sites (tertiary alicyclic amines) is 1. The Kier molecular flexibility index (Phi) is 10.1. The van der Waals surface area contributed by atoms with Crippen LogP contribution in [-0.2, 0) is 29.4 Å². The van der Waals surface area contributed by atoms with Crippen molar-refractivity contribution in [3.05, 3.63) is 69.2 Å². The van der Waals surface area contributed by atoms with E-state index >= 15 is 13.2 Å². The third-order valence-corrected chi connectivity index (χ3v) is 13.9. The van der Waals surface area contributed by atoms with E-state index in [0.717, 1.165) is 43.4 Å². The smallest absolute Gasteiger partial charge is 0.301 e. The molecule has 2 aromatic carbocycles. The summed E-state index contributed by atoms with van der Waals surface area (Å²) in [7, 11) is 3.39. The number of alkyl halides is 3. The van der Waals surface area contributed by atoms with Crippen LogP contribution in [0.15, 0.2) is 47.4 Å². The van der Waals surface area contributed by atoms with Crippen molar-refractivity contribution in [1.82, 2.24) is 34.5 Å². The first-order valence-corrected chi connectivity index (χ1v) is 21.8. The van der Waals surface area contributed by atoms with E-state index in [9.17, 15) is 14.4 Å². The second-order valence-electron chi connectivity index (χ2n) is 17.7. The maximum Gasteiger partial charge on any atom is 0.301 e. The minimum atomic E-state index is -3.14. The van der Waals surface area contributed by atoms with Crippen LogP contribution in [-0.4, -0.2) is 92.3 Å². The van der Waals surface area contributed by atoms with Gasteiger partial charge in [0.2, 0.25) is 23.5 Å². The Balaban J connectivity index is 0.772. The Bertz CT molecular complexity index is 2670. The number of ether oxygens (including phenoxy) is 1. The fourth-order valence-electron chi connectivity index (χ4n) is 9.86. The number of carbonyl (C=O) groups excluding carboxylic acids is 2. The Labute approximate surface area is 360 Å². The molecule has 7 heterocycles. The SMILES string of the molecule is Cn1nc(C2CCC(=O)NC2=O)c2ccc(C3(F)CCN(CC4CCN(c5ncc(Cl)c(Nc6ccc7c(c6)c6c(c(=O)n7C)OCC(F)(F)[C@H](C7CC7)N6)n5)CC4)CC3)cc21. The van der Waals surface area contributed by atoms with E-state index in [1.165, 1.54) is 4.57 Å². The number of fused-ring (bicyclic) bond motifs is 4. The number of piperidine rings is 3. The summed E-state index contributed by atoms with van der Waals surface area (Å²) in [6.45, 7) is 2.78. The molecule has 5 aliphatic rings. The zero-order valence-corrected chi connectivity index (χ0v) is 35.3. The second kappa shape index (κ2) is 15.4. The number of anilines is 4. The van der Waals surface area contributed by atoms with Crippen molar-refractivity contribution in [3.63, 3.8) is 0 Å². The van der Waals surface area contributed by atoms with Gasteiger partial charge in [0, 0.05) is 69.7 Å². The van der Waals surface area contributed by atoms with E-state index in [4.69, 9.17) is 21.3 Å². The summed E-state index contributed by atoms with van der Waals surface area (Å²) in [5.41, 5.74) is 1.47. The second-order valence-corrected chi connectivity index (χ2v) is 18.1. The average molecular weight is 873 g/mol. The summed E-state index contributed by atoms with van der Waals surface area (Å²) in [5.74, 6) is -3.23. The van der Waals surface area contributed by atoms with Gasteiger partial charge in [0.25, 0.3) is 5.56 Å². The normalized spacial score (nSPS) is 23.1. The molecule has 62 heavy (non-hydrogen) atoms. The molecule has 2 atom stereocenters. The van der Waals surface area contributed by atoms with Gasteiger partial charge in [-0.3, -0.25) is 24.4 Å². The zero-order valence-electron chi connectivity index (χ0n) is 34.5. The highest BCUT2D eigenvalue weighted by molar-refractivity contribution is 6.33. The number of aromatic nitrogens is 5. The average Bonchev–Trinajstić information content (AvgIpc) is 4.06. The molecule has 0 spiro atoms. The Morgan fingerprint density at radius 2 is 1.71 bits per heavy atom. The van der Waals surface area contributed by atoms with Gasteiger partial charge in [-0.1, -0.05) is 23.7 Å². The number of hydrogen-bond acceptors (Lipinski definition) is 11. The van der Waals surface area contributed by atoms with Crippen LogP contribution in [0.5, 0.6) is 5.75 Å². The number of pyridine rings is 1. The lowest BCUT2D eigenvalue weighted by Gasteiger charge is -2.40. The summed E-state index contributed by atoms with van der Waals surface area (Å²) < 4.78 is 55.6. The number of hydrogen-bond donors (Lipinski definition) is 3. The lowest BCUT2D eigenvalue weighted by atomic mass is 9.84. The Morgan fingerprint density at radius 3 is 2.45 bits per heavy atom. The summed E-state index contributed by atoms with van der Waals surface area (Å²) in [5, 5.41) is 15.0. The van der Waals surface area contributed by atoms with Crippen LogP contribution in [0, 0.1) is 11.8 Å². The van der Waals surface area contributed by atoms with Crippen LogP contribution < -0.4 is 31.1 Å². The highest BCUT2D eigenvalue weighted by Crippen LogP contribution is 2.46. The van der Waals surface area contributed by atoms with Gasteiger partial charge in [-0.2, -0.15) is 10.1 Å².